The number of ether oxygens (including phenoxy) is 2. The zero-order valence-corrected chi connectivity index (χ0v) is 15.6. The molecule has 1 heterocycles. The standard InChI is InChI=1S/C17H18BrFN4O2/c1-9(24-3)16(12(19)7-21-2)23-17-10-5-11(18)15(25-4)6-14(10)22-8-13(17)20/h5-8H,2,20H2,1,3-4H3,(H,22,23)/b12-7+,16-9-. The van der Waals surface area contributed by atoms with Crippen molar-refractivity contribution in [3.05, 3.63) is 46.3 Å². The molecule has 0 fully saturated rings. The monoisotopic (exact) mass is 408 g/mol. The first-order valence-electron chi connectivity index (χ1n) is 7.18. The van der Waals surface area contributed by atoms with Gasteiger partial charge < -0.3 is 20.5 Å². The number of nitrogens with zero attached hydrogens (tertiary/aromatic N) is 2. The molecule has 0 aliphatic heterocycles. The summed E-state index contributed by atoms with van der Waals surface area (Å²) in [7, 11) is 3.01. The highest BCUT2D eigenvalue weighted by atomic mass is 79.9. The summed E-state index contributed by atoms with van der Waals surface area (Å²) in [6, 6.07) is 3.56. The normalized spacial score (nSPS) is 12.6. The first-order valence-corrected chi connectivity index (χ1v) is 7.97. The van der Waals surface area contributed by atoms with Crippen LogP contribution < -0.4 is 15.8 Å². The van der Waals surface area contributed by atoms with Gasteiger partial charge in [0.1, 0.15) is 17.2 Å². The third-order valence-electron chi connectivity index (χ3n) is 3.52. The van der Waals surface area contributed by atoms with E-state index in [9.17, 15) is 4.39 Å². The molecule has 0 saturated carbocycles. The summed E-state index contributed by atoms with van der Waals surface area (Å²) in [6.45, 7) is 4.88. The van der Waals surface area contributed by atoms with Crippen molar-refractivity contribution in [3.8, 4) is 5.75 Å². The molecule has 3 N–H and O–H groups in total. The molecule has 0 aliphatic carbocycles. The molecule has 0 amide bonds. The van der Waals surface area contributed by atoms with E-state index >= 15 is 0 Å². The maximum atomic E-state index is 14.4. The molecule has 8 heteroatoms. The van der Waals surface area contributed by atoms with E-state index in [0.717, 1.165) is 10.7 Å². The van der Waals surface area contributed by atoms with Gasteiger partial charge in [0.25, 0.3) is 0 Å². The minimum atomic E-state index is -0.633. The van der Waals surface area contributed by atoms with E-state index in [4.69, 9.17) is 15.2 Å². The minimum absolute atomic E-state index is 0.0982. The lowest BCUT2D eigenvalue weighted by atomic mass is 10.1. The molecule has 0 bridgehead atoms. The van der Waals surface area contributed by atoms with Gasteiger partial charge in [-0.05, 0) is 35.6 Å². The van der Waals surface area contributed by atoms with Gasteiger partial charge >= 0.3 is 0 Å². The number of anilines is 2. The number of rotatable bonds is 6. The van der Waals surface area contributed by atoms with Crippen LogP contribution in [0.1, 0.15) is 6.92 Å². The largest absolute Gasteiger partial charge is 0.499 e. The first kappa shape index (κ1) is 18.7. The van der Waals surface area contributed by atoms with E-state index in [1.54, 1.807) is 26.2 Å². The lowest BCUT2D eigenvalue weighted by molar-refractivity contribution is 0.288. The Bertz CT molecular complexity index is 881. The smallest absolute Gasteiger partial charge is 0.168 e. The predicted octanol–water partition coefficient (Wildman–Crippen LogP) is 4.39. The van der Waals surface area contributed by atoms with Crippen LogP contribution in [0, 0.1) is 0 Å². The van der Waals surface area contributed by atoms with E-state index in [2.05, 4.69) is 37.9 Å². The average molecular weight is 409 g/mol. The van der Waals surface area contributed by atoms with E-state index in [1.165, 1.54) is 13.3 Å². The number of hydrogen-bond donors (Lipinski definition) is 2. The highest BCUT2D eigenvalue weighted by molar-refractivity contribution is 9.10. The Kier molecular flexibility index (Phi) is 5.97. The molecule has 2 rings (SSSR count). The number of nitrogens with two attached hydrogens (primary N) is 1. The topological polar surface area (TPSA) is 81.8 Å². The Hall–Kier alpha value is -2.61. The van der Waals surface area contributed by atoms with Crippen molar-refractivity contribution in [1.29, 1.82) is 0 Å². The number of methoxy groups -OCH3 is 2. The van der Waals surface area contributed by atoms with Crippen LogP contribution in [0.5, 0.6) is 5.75 Å². The Morgan fingerprint density at radius 1 is 1.44 bits per heavy atom. The van der Waals surface area contributed by atoms with Gasteiger partial charge in [-0.15, -0.1) is 0 Å². The lowest BCUT2D eigenvalue weighted by Gasteiger charge is -2.16. The molecular formula is C17H18BrFN4O2. The van der Waals surface area contributed by atoms with Gasteiger partial charge in [0.15, 0.2) is 5.83 Å². The molecule has 6 nitrogen and oxygen atoms in total. The van der Waals surface area contributed by atoms with Crippen molar-refractivity contribution in [2.75, 3.05) is 25.3 Å². The van der Waals surface area contributed by atoms with Crippen LogP contribution in [0.15, 0.2) is 51.3 Å². The van der Waals surface area contributed by atoms with Gasteiger partial charge in [-0.2, -0.15) is 0 Å². The summed E-state index contributed by atoms with van der Waals surface area (Å²) in [6.07, 6.45) is 2.48. The average Bonchev–Trinajstić information content (AvgIpc) is 2.60. The van der Waals surface area contributed by atoms with Gasteiger partial charge in [-0.1, -0.05) is 0 Å². The van der Waals surface area contributed by atoms with Crippen molar-refractivity contribution >= 4 is 44.9 Å². The number of allylic oxidation sites excluding steroid dienone is 2. The zero-order chi connectivity index (χ0) is 18.6. The Balaban J connectivity index is 2.67. The highest BCUT2D eigenvalue weighted by Crippen LogP contribution is 2.36. The molecular weight excluding hydrogens is 391 g/mol. The number of nitrogen functional groups attached to an aromatic ring is 1. The summed E-state index contributed by atoms with van der Waals surface area (Å²) in [5.41, 5.74) is 7.64. The SMILES string of the molecule is C=N/C=C(F)\C(Nc1c(N)cnc2cc(OC)c(Br)cc12)=C(/C)OC. The quantitative estimate of drug-likeness (QED) is 0.420. The molecule has 1 aromatic carbocycles. The zero-order valence-electron chi connectivity index (χ0n) is 14.1. The molecule has 0 spiro atoms. The van der Waals surface area contributed by atoms with Crippen molar-refractivity contribution < 1.29 is 13.9 Å². The number of nitrogens with one attached hydrogen (secondary N) is 1. The molecule has 2 aromatic rings. The van der Waals surface area contributed by atoms with Crippen molar-refractivity contribution in [2.24, 2.45) is 4.99 Å². The number of benzene rings is 1. The van der Waals surface area contributed by atoms with Gasteiger partial charge in [-0.25, -0.2) is 4.39 Å². The molecule has 132 valence electrons. The summed E-state index contributed by atoms with van der Waals surface area (Å²) in [5.74, 6) is 0.321. The maximum Gasteiger partial charge on any atom is 0.168 e. The van der Waals surface area contributed by atoms with Gasteiger partial charge in [0, 0.05) is 11.5 Å². The molecule has 25 heavy (non-hydrogen) atoms. The number of halogens is 2. The van der Waals surface area contributed by atoms with Gasteiger partial charge in [0.2, 0.25) is 0 Å². The number of fused-ring (bicyclic) bond motifs is 1. The summed E-state index contributed by atoms with van der Waals surface area (Å²) >= 11 is 3.43. The second kappa shape index (κ2) is 7.98. The molecule has 0 atom stereocenters. The Morgan fingerprint density at radius 3 is 2.76 bits per heavy atom. The Labute approximate surface area is 153 Å². The summed E-state index contributed by atoms with van der Waals surface area (Å²) < 4.78 is 25.5. The van der Waals surface area contributed by atoms with Crippen LogP contribution in [-0.2, 0) is 4.74 Å². The van der Waals surface area contributed by atoms with E-state index in [0.29, 0.717) is 33.8 Å². The number of pyridine rings is 1. The first-order chi connectivity index (χ1) is 11.9. The third kappa shape index (κ3) is 3.90. The fourth-order valence-electron chi connectivity index (χ4n) is 2.19. The van der Waals surface area contributed by atoms with Crippen LogP contribution in [0.3, 0.4) is 0 Å². The molecule has 0 saturated heterocycles. The van der Waals surface area contributed by atoms with E-state index < -0.39 is 5.83 Å². The molecule has 0 radical (unpaired) electrons. The Morgan fingerprint density at radius 2 is 2.16 bits per heavy atom. The highest BCUT2D eigenvalue weighted by Gasteiger charge is 2.16. The van der Waals surface area contributed by atoms with E-state index in [1.807, 2.05) is 0 Å². The van der Waals surface area contributed by atoms with Crippen LogP contribution in [0.25, 0.3) is 10.9 Å². The second-order valence-electron chi connectivity index (χ2n) is 5.01. The van der Waals surface area contributed by atoms with Gasteiger partial charge in [-0.3, -0.25) is 9.98 Å². The minimum Gasteiger partial charge on any atom is -0.499 e. The summed E-state index contributed by atoms with van der Waals surface area (Å²) in [4.78, 5) is 7.75. The maximum absolute atomic E-state index is 14.4. The number of hydrogen-bond acceptors (Lipinski definition) is 6. The second-order valence-corrected chi connectivity index (χ2v) is 5.87. The van der Waals surface area contributed by atoms with Crippen LogP contribution in [0.2, 0.25) is 0 Å². The molecule has 0 unspecified atom stereocenters. The van der Waals surface area contributed by atoms with Crippen molar-refractivity contribution in [2.45, 2.75) is 6.92 Å². The fraction of sp³-hybridized carbons (Fsp3) is 0.176. The van der Waals surface area contributed by atoms with Crippen LogP contribution >= 0.6 is 15.9 Å². The van der Waals surface area contributed by atoms with Crippen LogP contribution in [-0.4, -0.2) is 25.9 Å². The van der Waals surface area contributed by atoms with E-state index in [-0.39, 0.29) is 5.70 Å². The van der Waals surface area contributed by atoms with Crippen molar-refractivity contribution in [3.63, 3.8) is 0 Å². The molecule has 1 aromatic heterocycles. The predicted molar refractivity (Wildman–Crippen MR) is 102 cm³/mol. The number of aliphatic imine (C=N–C) groups is 1. The summed E-state index contributed by atoms with van der Waals surface area (Å²) in [5, 5.41) is 3.68. The molecule has 0 aliphatic rings. The third-order valence-corrected chi connectivity index (χ3v) is 4.14. The van der Waals surface area contributed by atoms with Gasteiger partial charge in [0.05, 0.1) is 48.0 Å². The van der Waals surface area contributed by atoms with Crippen molar-refractivity contribution in [1.82, 2.24) is 4.98 Å². The lowest BCUT2D eigenvalue weighted by Crippen LogP contribution is -2.08. The number of aromatic nitrogens is 1. The van der Waals surface area contributed by atoms with Crippen LogP contribution in [0.4, 0.5) is 15.8 Å². The fourth-order valence-corrected chi connectivity index (χ4v) is 2.70.